The Hall–Kier alpha value is -1.40. The van der Waals surface area contributed by atoms with Gasteiger partial charge in [-0.3, -0.25) is 4.79 Å². The summed E-state index contributed by atoms with van der Waals surface area (Å²) in [6, 6.07) is 8.06. The van der Waals surface area contributed by atoms with Gasteiger partial charge < -0.3 is 5.32 Å². The molecule has 0 heterocycles. The lowest BCUT2D eigenvalue weighted by atomic mass is 10.1. The van der Waals surface area contributed by atoms with Crippen molar-refractivity contribution in [1.82, 2.24) is 10.0 Å². The molecule has 1 aromatic carbocycles. The van der Waals surface area contributed by atoms with Crippen LogP contribution in [0.25, 0.3) is 0 Å². The number of hydrogen-bond acceptors (Lipinski definition) is 3. The topological polar surface area (TPSA) is 75.3 Å². The minimum absolute atomic E-state index is 0.0500. The Balaban J connectivity index is 2.19. The summed E-state index contributed by atoms with van der Waals surface area (Å²) in [6.07, 6.45) is 1.09. The summed E-state index contributed by atoms with van der Waals surface area (Å²) < 4.78 is 24.7. The smallest absolute Gasteiger partial charge is 0.220 e. The zero-order valence-corrected chi connectivity index (χ0v) is 12.8. The van der Waals surface area contributed by atoms with Crippen molar-refractivity contribution >= 4 is 15.9 Å². The Morgan fingerprint density at radius 3 is 2.40 bits per heavy atom. The second kappa shape index (κ2) is 8.01. The number of aryl methyl sites for hydroxylation is 2. The molecule has 1 amide bonds. The number of benzene rings is 1. The average Bonchev–Trinajstić information content (AvgIpc) is 2.43. The van der Waals surface area contributed by atoms with Gasteiger partial charge in [0, 0.05) is 19.5 Å². The fourth-order valence-electron chi connectivity index (χ4n) is 1.61. The maximum Gasteiger partial charge on any atom is 0.220 e. The Labute approximate surface area is 120 Å². The minimum Gasteiger partial charge on any atom is -0.355 e. The van der Waals surface area contributed by atoms with Gasteiger partial charge >= 0.3 is 0 Å². The Bertz CT molecular complexity index is 524. The van der Waals surface area contributed by atoms with Crippen molar-refractivity contribution in [2.75, 3.05) is 18.8 Å². The SMILES string of the molecule is CCS(=O)(=O)NCCNC(=O)CCc1ccc(C)cc1. The van der Waals surface area contributed by atoms with Crippen LogP contribution in [0, 0.1) is 6.92 Å². The van der Waals surface area contributed by atoms with Crippen LogP contribution >= 0.6 is 0 Å². The predicted molar refractivity (Wildman–Crippen MR) is 80.0 cm³/mol. The molecule has 0 radical (unpaired) electrons. The average molecular weight is 298 g/mol. The fourth-order valence-corrected chi connectivity index (χ4v) is 2.23. The second-order valence-electron chi connectivity index (χ2n) is 4.63. The predicted octanol–water partition coefficient (Wildman–Crippen LogP) is 0.983. The third-order valence-electron chi connectivity index (χ3n) is 2.91. The van der Waals surface area contributed by atoms with Crippen molar-refractivity contribution in [3.8, 4) is 0 Å². The molecule has 1 rings (SSSR count). The fraction of sp³-hybridized carbons (Fsp3) is 0.500. The summed E-state index contributed by atoms with van der Waals surface area (Å²) in [7, 11) is -3.18. The van der Waals surface area contributed by atoms with Crippen molar-refractivity contribution in [2.24, 2.45) is 0 Å². The highest BCUT2D eigenvalue weighted by molar-refractivity contribution is 7.89. The molecule has 6 heteroatoms. The van der Waals surface area contributed by atoms with E-state index in [1.54, 1.807) is 6.92 Å². The molecule has 0 aliphatic carbocycles. The van der Waals surface area contributed by atoms with Gasteiger partial charge in [0.15, 0.2) is 0 Å². The number of carbonyl (C=O) groups excluding carboxylic acids is 1. The Morgan fingerprint density at radius 1 is 1.15 bits per heavy atom. The van der Waals surface area contributed by atoms with Gasteiger partial charge in [0.05, 0.1) is 5.75 Å². The van der Waals surface area contributed by atoms with Crippen LogP contribution in [-0.4, -0.2) is 33.2 Å². The summed E-state index contributed by atoms with van der Waals surface area (Å²) in [6.45, 7) is 4.13. The zero-order chi connectivity index (χ0) is 15.0. The van der Waals surface area contributed by atoms with E-state index in [0.717, 1.165) is 5.56 Å². The molecule has 2 N–H and O–H groups in total. The van der Waals surface area contributed by atoms with Crippen LogP contribution in [0.5, 0.6) is 0 Å². The molecule has 112 valence electrons. The minimum atomic E-state index is -3.18. The van der Waals surface area contributed by atoms with E-state index in [-0.39, 0.29) is 18.2 Å². The summed E-state index contributed by atoms with van der Waals surface area (Å²) in [5.41, 5.74) is 2.32. The van der Waals surface area contributed by atoms with Crippen LogP contribution < -0.4 is 10.0 Å². The van der Waals surface area contributed by atoms with E-state index < -0.39 is 10.0 Å². The van der Waals surface area contributed by atoms with E-state index in [2.05, 4.69) is 10.0 Å². The summed E-state index contributed by atoms with van der Waals surface area (Å²) in [4.78, 5) is 11.6. The molecule has 20 heavy (non-hydrogen) atoms. The second-order valence-corrected chi connectivity index (χ2v) is 6.73. The molecular formula is C14H22N2O3S. The summed E-state index contributed by atoms with van der Waals surface area (Å²) in [5, 5.41) is 2.70. The third-order valence-corrected chi connectivity index (χ3v) is 4.31. The standard InChI is InChI=1S/C14H22N2O3S/c1-3-20(18,19)16-11-10-15-14(17)9-8-13-6-4-12(2)5-7-13/h4-7,16H,3,8-11H2,1-2H3,(H,15,17). The van der Waals surface area contributed by atoms with E-state index >= 15 is 0 Å². The lowest BCUT2D eigenvalue weighted by molar-refractivity contribution is -0.121. The van der Waals surface area contributed by atoms with E-state index in [0.29, 0.717) is 19.4 Å². The highest BCUT2D eigenvalue weighted by Crippen LogP contribution is 2.05. The number of hydrogen-bond donors (Lipinski definition) is 2. The first-order chi connectivity index (χ1) is 9.43. The summed E-state index contributed by atoms with van der Waals surface area (Å²) in [5.74, 6) is -0.0183. The van der Waals surface area contributed by atoms with Crippen LogP contribution in [0.3, 0.4) is 0 Å². The van der Waals surface area contributed by atoms with Gasteiger partial charge in [-0.2, -0.15) is 0 Å². The van der Waals surface area contributed by atoms with Gasteiger partial charge in [0.1, 0.15) is 0 Å². The molecule has 0 aliphatic rings. The van der Waals surface area contributed by atoms with Crippen LogP contribution in [0.15, 0.2) is 24.3 Å². The van der Waals surface area contributed by atoms with Crippen LogP contribution in [0.2, 0.25) is 0 Å². The van der Waals surface area contributed by atoms with Gasteiger partial charge in [-0.05, 0) is 25.8 Å². The van der Waals surface area contributed by atoms with Crippen molar-refractivity contribution < 1.29 is 13.2 Å². The normalized spacial score (nSPS) is 11.3. The Morgan fingerprint density at radius 2 is 1.80 bits per heavy atom. The third kappa shape index (κ3) is 6.68. The van der Waals surface area contributed by atoms with Crippen LogP contribution in [0.1, 0.15) is 24.5 Å². The highest BCUT2D eigenvalue weighted by Gasteiger charge is 2.06. The quantitative estimate of drug-likeness (QED) is 0.703. The molecule has 0 saturated carbocycles. The van der Waals surface area contributed by atoms with Gasteiger partial charge in [0.25, 0.3) is 0 Å². The molecule has 0 fully saturated rings. The summed E-state index contributed by atoms with van der Waals surface area (Å²) >= 11 is 0. The molecular weight excluding hydrogens is 276 g/mol. The molecule has 0 bridgehead atoms. The van der Waals surface area contributed by atoms with Crippen molar-refractivity contribution in [3.05, 3.63) is 35.4 Å². The number of sulfonamides is 1. The van der Waals surface area contributed by atoms with Crippen LogP contribution in [0.4, 0.5) is 0 Å². The molecule has 0 spiro atoms. The lowest BCUT2D eigenvalue weighted by Crippen LogP contribution is -2.35. The van der Waals surface area contributed by atoms with Gasteiger partial charge in [-0.1, -0.05) is 29.8 Å². The molecule has 1 aromatic rings. The molecule has 5 nitrogen and oxygen atoms in total. The molecule has 0 saturated heterocycles. The van der Waals surface area contributed by atoms with E-state index in [4.69, 9.17) is 0 Å². The maximum absolute atomic E-state index is 11.6. The molecule has 0 aromatic heterocycles. The molecule has 0 unspecified atom stereocenters. The number of carbonyl (C=O) groups is 1. The first-order valence-corrected chi connectivity index (χ1v) is 8.38. The van der Waals surface area contributed by atoms with Gasteiger partial charge in [-0.25, -0.2) is 13.1 Å². The van der Waals surface area contributed by atoms with Gasteiger partial charge in [-0.15, -0.1) is 0 Å². The van der Waals surface area contributed by atoms with Gasteiger partial charge in [0.2, 0.25) is 15.9 Å². The van der Waals surface area contributed by atoms with Crippen molar-refractivity contribution in [1.29, 1.82) is 0 Å². The highest BCUT2D eigenvalue weighted by atomic mass is 32.2. The van der Waals surface area contributed by atoms with E-state index in [1.807, 2.05) is 31.2 Å². The number of nitrogens with one attached hydrogen (secondary N) is 2. The van der Waals surface area contributed by atoms with Crippen molar-refractivity contribution in [2.45, 2.75) is 26.7 Å². The number of rotatable bonds is 8. The van der Waals surface area contributed by atoms with Crippen molar-refractivity contribution in [3.63, 3.8) is 0 Å². The largest absolute Gasteiger partial charge is 0.355 e. The first-order valence-electron chi connectivity index (χ1n) is 6.72. The zero-order valence-electron chi connectivity index (χ0n) is 12.0. The number of amides is 1. The molecule has 0 atom stereocenters. The Kier molecular flexibility index (Phi) is 6.67. The van der Waals surface area contributed by atoms with E-state index in [1.165, 1.54) is 5.56 Å². The van der Waals surface area contributed by atoms with E-state index in [9.17, 15) is 13.2 Å². The first kappa shape index (κ1) is 16.7. The monoisotopic (exact) mass is 298 g/mol. The lowest BCUT2D eigenvalue weighted by Gasteiger charge is -2.07. The maximum atomic E-state index is 11.6. The molecule has 0 aliphatic heterocycles. The van der Waals surface area contributed by atoms with Crippen LogP contribution in [-0.2, 0) is 21.2 Å².